The minimum Gasteiger partial charge on any atom is -0.465 e. The van der Waals surface area contributed by atoms with Gasteiger partial charge in [-0.3, -0.25) is 9.69 Å². The average molecular weight is 656 g/mol. The largest absolute Gasteiger partial charge is 0.465 e. The second-order valence-electron chi connectivity index (χ2n) is 14.9. The van der Waals surface area contributed by atoms with Crippen molar-refractivity contribution in [3.8, 4) is 33.6 Å². The maximum atomic E-state index is 13.8. The molecule has 5 aromatic rings. The van der Waals surface area contributed by atoms with Crippen LogP contribution in [0.1, 0.15) is 63.3 Å². The number of imidazole rings is 2. The van der Waals surface area contributed by atoms with Crippen LogP contribution in [0.3, 0.4) is 0 Å². The van der Waals surface area contributed by atoms with Gasteiger partial charge in [-0.15, -0.1) is 0 Å². The molecule has 4 aliphatic rings. The molecule has 4 fully saturated rings. The van der Waals surface area contributed by atoms with Gasteiger partial charge in [-0.1, -0.05) is 62.4 Å². The summed E-state index contributed by atoms with van der Waals surface area (Å²) in [6, 6.07) is 21.9. The zero-order chi connectivity index (χ0) is 33.6. The number of carboxylic acid groups (broad SMARTS) is 1. The van der Waals surface area contributed by atoms with E-state index in [2.05, 4.69) is 80.9 Å². The summed E-state index contributed by atoms with van der Waals surface area (Å²) < 4.78 is 0. The Morgan fingerprint density at radius 2 is 1.43 bits per heavy atom. The minimum atomic E-state index is -1.09. The Bertz CT molecular complexity index is 2070. The molecule has 2 saturated carbocycles. The monoisotopic (exact) mass is 655 g/mol. The lowest BCUT2D eigenvalue weighted by molar-refractivity contribution is -0.139. The predicted molar refractivity (Wildman–Crippen MR) is 187 cm³/mol. The fraction of sp³-hybridized carbons (Fsp3) is 0.385. The first kappa shape index (κ1) is 30.1. The molecule has 7 atom stereocenters. The van der Waals surface area contributed by atoms with Crippen LogP contribution in [0.4, 0.5) is 4.79 Å². The van der Waals surface area contributed by atoms with Crippen LogP contribution < -0.4 is 5.32 Å². The molecule has 4 N–H and O–H groups in total. The molecule has 2 aliphatic carbocycles. The van der Waals surface area contributed by atoms with Crippen LogP contribution >= 0.6 is 0 Å². The number of piperidine rings is 2. The standard InChI is InChI=1S/C39H41N7O3/c1-20(2)35(45(3)39(48)49)38(47)46-33-16-28(33)17-34(46)37-41-19-32(44-37)26-11-10-24-12-23(8-9-25(24)13-26)21-4-6-22(7-5-21)31-18-40-36(43-31)30-15-27-14-29(27)42-30/h4-13,18-20,27-30,33-35,42H,14-17H2,1-3H3,(H,40,43)(H,41,44)(H,48,49)/t27-,28+,29+,30?,33+,34-,35-/m0/s1. The summed E-state index contributed by atoms with van der Waals surface area (Å²) in [5.41, 5.74) is 6.42. The van der Waals surface area contributed by atoms with Crippen molar-refractivity contribution in [3.05, 3.63) is 84.7 Å². The Balaban J connectivity index is 0.913. The summed E-state index contributed by atoms with van der Waals surface area (Å²) in [6.07, 6.45) is 7.00. The van der Waals surface area contributed by atoms with Crippen molar-refractivity contribution < 1.29 is 14.7 Å². The Morgan fingerprint density at radius 1 is 0.796 bits per heavy atom. The molecule has 2 aliphatic heterocycles. The third-order valence-corrected chi connectivity index (χ3v) is 11.4. The van der Waals surface area contributed by atoms with Crippen molar-refractivity contribution >= 4 is 22.8 Å². The number of hydrogen-bond donors (Lipinski definition) is 4. The van der Waals surface area contributed by atoms with E-state index < -0.39 is 12.1 Å². The second kappa shape index (κ2) is 11.3. The zero-order valence-electron chi connectivity index (χ0n) is 27.9. The van der Waals surface area contributed by atoms with E-state index in [1.54, 1.807) is 0 Å². The van der Waals surface area contributed by atoms with Crippen LogP contribution in [0.15, 0.2) is 73.1 Å². The Hall–Kier alpha value is -4.96. The number of nitrogens with zero attached hydrogens (tertiary/aromatic N) is 4. The van der Waals surface area contributed by atoms with E-state index >= 15 is 0 Å². The lowest BCUT2D eigenvalue weighted by atomic mass is 9.98. The summed E-state index contributed by atoms with van der Waals surface area (Å²) in [4.78, 5) is 45.1. The summed E-state index contributed by atoms with van der Waals surface area (Å²) in [5, 5.41) is 15.6. The molecule has 4 heterocycles. The van der Waals surface area contributed by atoms with Gasteiger partial charge in [0.2, 0.25) is 5.91 Å². The lowest BCUT2D eigenvalue weighted by Gasteiger charge is -2.35. The highest BCUT2D eigenvalue weighted by Crippen LogP contribution is 2.53. The van der Waals surface area contributed by atoms with Crippen molar-refractivity contribution in [2.45, 2.75) is 69.7 Å². The highest BCUT2D eigenvalue weighted by Gasteiger charge is 2.56. The number of amides is 2. The van der Waals surface area contributed by atoms with Crippen molar-refractivity contribution in [2.24, 2.45) is 17.8 Å². The number of hydrogen-bond acceptors (Lipinski definition) is 5. The van der Waals surface area contributed by atoms with Crippen LogP contribution in [0.25, 0.3) is 44.4 Å². The first-order valence-corrected chi connectivity index (χ1v) is 17.5. The molecular formula is C39H41N7O3. The summed E-state index contributed by atoms with van der Waals surface area (Å²) in [6.45, 7) is 3.79. The third-order valence-electron chi connectivity index (χ3n) is 11.4. The number of rotatable bonds is 8. The topological polar surface area (TPSA) is 130 Å². The normalized spacial score (nSPS) is 25.8. The molecule has 1 unspecified atom stereocenters. The van der Waals surface area contributed by atoms with E-state index in [-0.39, 0.29) is 23.9 Å². The maximum absolute atomic E-state index is 13.8. The van der Waals surface area contributed by atoms with Crippen LogP contribution in [0.2, 0.25) is 0 Å². The summed E-state index contributed by atoms with van der Waals surface area (Å²) >= 11 is 0. The zero-order valence-corrected chi connectivity index (χ0v) is 27.9. The highest BCUT2D eigenvalue weighted by molar-refractivity contribution is 5.91. The molecule has 250 valence electrons. The fourth-order valence-electron chi connectivity index (χ4n) is 8.47. The molecule has 2 amide bonds. The molecule has 0 bridgehead atoms. The maximum Gasteiger partial charge on any atom is 0.407 e. The van der Waals surface area contributed by atoms with Gasteiger partial charge in [0.15, 0.2) is 0 Å². The number of carbonyl (C=O) groups is 2. The van der Waals surface area contributed by atoms with E-state index in [1.807, 2.05) is 31.1 Å². The van der Waals surface area contributed by atoms with E-state index in [0.29, 0.717) is 18.0 Å². The number of benzene rings is 3. The number of aromatic amines is 2. The molecule has 10 nitrogen and oxygen atoms in total. The number of nitrogens with one attached hydrogen (secondary N) is 3. The SMILES string of the molecule is CC(C)[C@@H](C(=O)N1[C@@H]2C[C@@H]2C[C@H]1c1ncc(-c2ccc3cc(-c4ccc(-c5cnc(C6C[C@@H]7C[C@H]7N6)[nH]5)cc4)ccc3c2)[nH]1)N(C)C(=O)O. The molecular weight excluding hydrogens is 614 g/mol. The second-order valence-corrected chi connectivity index (χ2v) is 14.9. The first-order valence-electron chi connectivity index (χ1n) is 17.5. The van der Waals surface area contributed by atoms with E-state index in [1.165, 1.54) is 19.9 Å². The van der Waals surface area contributed by atoms with E-state index in [9.17, 15) is 14.7 Å². The van der Waals surface area contributed by atoms with Gasteiger partial charge in [0.25, 0.3) is 0 Å². The smallest absolute Gasteiger partial charge is 0.407 e. The predicted octanol–water partition coefficient (Wildman–Crippen LogP) is 7.01. The molecule has 2 saturated heterocycles. The highest BCUT2D eigenvalue weighted by atomic mass is 16.4. The van der Waals surface area contributed by atoms with Gasteiger partial charge in [0.05, 0.1) is 35.9 Å². The number of carbonyl (C=O) groups excluding carboxylic acids is 1. The van der Waals surface area contributed by atoms with Gasteiger partial charge >= 0.3 is 6.09 Å². The number of aromatic nitrogens is 4. The van der Waals surface area contributed by atoms with Gasteiger partial charge in [-0.05, 0) is 83.0 Å². The third kappa shape index (κ3) is 5.29. The molecule has 9 rings (SSSR count). The number of likely N-dealkylation sites (N-methyl/N-ethyl adjacent to an activating group) is 1. The van der Waals surface area contributed by atoms with Gasteiger partial charge in [0.1, 0.15) is 17.7 Å². The minimum absolute atomic E-state index is 0.132. The van der Waals surface area contributed by atoms with Gasteiger partial charge in [0, 0.05) is 24.7 Å². The number of likely N-dealkylation sites (tertiary alicyclic amines) is 1. The summed E-state index contributed by atoms with van der Waals surface area (Å²) in [7, 11) is 1.48. The summed E-state index contributed by atoms with van der Waals surface area (Å²) in [5.74, 6) is 2.80. The van der Waals surface area contributed by atoms with Gasteiger partial charge in [-0.25, -0.2) is 14.8 Å². The number of fused-ring (bicyclic) bond motifs is 3. The quantitative estimate of drug-likeness (QED) is 0.142. The average Bonchev–Trinajstić information content (AvgIpc) is 3.65. The van der Waals surface area contributed by atoms with Crippen LogP contribution in [0.5, 0.6) is 0 Å². The Labute approximate surface area is 285 Å². The van der Waals surface area contributed by atoms with Crippen LogP contribution in [-0.2, 0) is 4.79 Å². The van der Waals surface area contributed by atoms with Crippen molar-refractivity contribution in [2.75, 3.05) is 7.05 Å². The molecule has 49 heavy (non-hydrogen) atoms. The van der Waals surface area contributed by atoms with Crippen LogP contribution in [0, 0.1) is 17.8 Å². The van der Waals surface area contributed by atoms with Crippen molar-refractivity contribution in [1.29, 1.82) is 0 Å². The lowest BCUT2D eigenvalue weighted by Crippen LogP contribution is -2.52. The molecule has 10 heteroatoms. The Morgan fingerprint density at radius 3 is 2.12 bits per heavy atom. The molecule has 0 spiro atoms. The van der Waals surface area contributed by atoms with Crippen molar-refractivity contribution in [3.63, 3.8) is 0 Å². The Kier molecular flexibility index (Phi) is 6.95. The van der Waals surface area contributed by atoms with E-state index in [4.69, 9.17) is 4.98 Å². The number of H-pyrrole nitrogens is 2. The van der Waals surface area contributed by atoms with Crippen LogP contribution in [-0.4, -0.2) is 72.0 Å². The molecule has 0 radical (unpaired) electrons. The molecule has 2 aromatic heterocycles. The van der Waals surface area contributed by atoms with Crippen molar-refractivity contribution in [1.82, 2.24) is 35.1 Å². The van der Waals surface area contributed by atoms with Gasteiger partial charge < -0.3 is 25.3 Å². The first-order chi connectivity index (χ1) is 23.7. The fourth-order valence-corrected chi connectivity index (χ4v) is 8.47. The molecule has 3 aromatic carbocycles. The van der Waals surface area contributed by atoms with Gasteiger partial charge in [-0.2, -0.15) is 0 Å². The van der Waals surface area contributed by atoms with E-state index in [0.717, 1.165) is 79.7 Å².